The number of rotatable bonds is 3. The maximum absolute atomic E-state index is 13.4. The maximum Gasteiger partial charge on any atom is 0.265 e. The van der Waals surface area contributed by atoms with Gasteiger partial charge in [0.25, 0.3) is 10.0 Å². The van der Waals surface area contributed by atoms with Crippen molar-refractivity contribution < 1.29 is 22.3 Å². The highest BCUT2D eigenvalue weighted by molar-refractivity contribution is 7.92. The summed E-state index contributed by atoms with van der Waals surface area (Å²) in [5.74, 6) is -2.27. The average molecular weight is 285 g/mol. The lowest BCUT2D eigenvalue weighted by Crippen LogP contribution is -2.15. The molecular weight excluding hydrogens is 276 g/mol. The fourth-order valence-corrected chi connectivity index (χ4v) is 2.61. The highest BCUT2D eigenvalue weighted by Crippen LogP contribution is 2.26. The molecule has 0 aliphatic heterocycles. The molecule has 2 aromatic carbocycles. The number of sulfonamides is 1. The van der Waals surface area contributed by atoms with E-state index in [0.717, 1.165) is 12.1 Å². The van der Waals surface area contributed by atoms with Gasteiger partial charge in [0.2, 0.25) is 0 Å². The van der Waals surface area contributed by atoms with E-state index in [1.807, 2.05) is 4.72 Å². The number of nitrogens with one attached hydrogen (secondary N) is 1. The topological polar surface area (TPSA) is 66.4 Å². The van der Waals surface area contributed by atoms with Crippen molar-refractivity contribution >= 4 is 15.7 Å². The normalized spacial score (nSPS) is 11.3. The molecule has 0 heterocycles. The SMILES string of the molecule is O=S(=O)(Nc1ccccc1O)c1cc(F)ccc1F. The van der Waals surface area contributed by atoms with Crippen LogP contribution in [0.4, 0.5) is 14.5 Å². The van der Waals surface area contributed by atoms with Crippen molar-refractivity contribution in [3.63, 3.8) is 0 Å². The molecule has 7 heteroatoms. The minimum absolute atomic E-state index is 0.119. The summed E-state index contributed by atoms with van der Waals surface area (Å²) < 4.78 is 52.2. The Kier molecular flexibility index (Phi) is 3.39. The van der Waals surface area contributed by atoms with Gasteiger partial charge in [-0.05, 0) is 30.3 Å². The van der Waals surface area contributed by atoms with Crippen LogP contribution in [0.25, 0.3) is 0 Å². The van der Waals surface area contributed by atoms with Crippen LogP contribution in [0.1, 0.15) is 0 Å². The molecule has 0 spiro atoms. The Morgan fingerprint density at radius 1 is 1.05 bits per heavy atom. The summed E-state index contributed by atoms with van der Waals surface area (Å²) in [6.07, 6.45) is 0. The number of hydrogen-bond donors (Lipinski definition) is 2. The summed E-state index contributed by atoms with van der Waals surface area (Å²) in [6.45, 7) is 0. The second kappa shape index (κ2) is 4.85. The molecule has 4 nitrogen and oxygen atoms in total. The quantitative estimate of drug-likeness (QED) is 0.851. The van der Waals surface area contributed by atoms with Gasteiger partial charge < -0.3 is 5.11 Å². The molecule has 0 atom stereocenters. The average Bonchev–Trinajstić information content (AvgIpc) is 2.35. The molecule has 2 N–H and O–H groups in total. The van der Waals surface area contributed by atoms with Crippen molar-refractivity contribution in [2.75, 3.05) is 4.72 Å². The van der Waals surface area contributed by atoms with Gasteiger partial charge in [-0.1, -0.05) is 12.1 Å². The van der Waals surface area contributed by atoms with Crippen molar-refractivity contribution in [2.24, 2.45) is 0 Å². The molecule has 0 radical (unpaired) electrons. The van der Waals surface area contributed by atoms with Gasteiger partial charge in [0.15, 0.2) is 0 Å². The highest BCUT2D eigenvalue weighted by atomic mass is 32.2. The van der Waals surface area contributed by atoms with Crippen LogP contribution in [0, 0.1) is 11.6 Å². The number of aromatic hydroxyl groups is 1. The Hall–Kier alpha value is -2.15. The Labute approximate surface area is 108 Å². The van der Waals surface area contributed by atoms with Gasteiger partial charge in [0.05, 0.1) is 5.69 Å². The second-order valence-electron chi connectivity index (χ2n) is 3.70. The summed E-state index contributed by atoms with van der Waals surface area (Å²) in [5.41, 5.74) is -0.119. The summed E-state index contributed by atoms with van der Waals surface area (Å²) in [5, 5.41) is 9.45. The fraction of sp³-hybridized carbons (Fsp3) is 0. The van der Waals surface area contributed by atoms with E-state index < -0.39 is 26.6 Å². The van der Waals surface area contributed by atoms with Crippen molar-refractivity contribution in [2.45, 2.75) is 4.90 Å². The molecule has 100 valence electrons. The third kappa shape index (κ3) is 2.82. The molecule has 0 aromatic heterocycles. The maximum atomic E-state index is 13.4. The first-order valence-corrected chi connectivity index (χ1v) is 6.64. The molecule has 19 heavy (non-hydrogen) atoms. The van der Waals surface area contributed by atoms with Gasteiger partial charge in [-0.15, -0.1) is 0 Å². The van der Waals surface area contributed by atoms with Crippen LogP contribution in [0.3, 0.4) is 0 Å². The molecule has 2 aromatic rings. The lowest BCUT2D eigenvalue weighted by molar-refractivity contribution is 0.477. The summed E-state index contributed by atoms with van der Waals surface area (Å²) in [7, 11) is -4.31. The van der Waals surface area contributed by atoms with Crippen LogP contribution in [-0.4, -0.2) is 13.5 Å². The lowest BCUT2D eigenvalue weighted by atomic mass is 10.3. The van der Waals surface area contributed by atoms with Gasteiger partial charge in [-0.2, -0.15) is 0 Å². The van der Waals surface area contributed by atoms with E-state index in [0.29, 0.717) is 6.07 Å². The van der Waals surface area contributed by atoms with Crippen molar-refractivity contribution in [3.05, 3.63) is 54.1 Å². The van der Waals surface area contributed by atoms with E-state index in [2.05, 4.69) is 0 Å². The molecule has 0 saturated heterocycles. The molecule has 0 fully saturated rings. The van der Waals surface area contributed by atoms with Crippen LogP contribution in [-0.2, 0) is 10.0 Å². The first kappa shape index (κ1) is 13.3. The number of hydrogen-bond acceptors (Lipinski definition) is 3. The molecule has 0 bridgehead atoms. The molecule has 2 rings (SSSR count). The molecule has 0 saturated carbocycles. The summed E-state index contributed by atoms with van der Waals surface area (Å²) in [6, 6.07) is 7.64. The van der Waals surface area contributed by atoms with E-state index in [4.69, 9.17) is 0 Å². The van der Waals surface area contributed by atoms with Gasteiger partial charge in [0, 0.05) is 0 Å². The monoisotopic (exact) mass is 285 g/mol. The van der Waals surface area contributed by atoms with Crippen LogP contribution >= 0.6 is 0 Å². The van der Waals surface area contributed by atoms with E-state index in [-0.39, 0.29) is 11.4 Å². The van der Waals surface area contributed by atoms with Crippen LogP contribution in [0.5, 0.6) is 5.75 Å². The van der Waals surface area contributed by atoms with Crippen LogP contribution in [0.15, 0.2) is 47.4 Å². The van der Waals surface area contributed by atoms with E-state index >= 15 is 0 Å². The number of phenols is 1. The zero-order valence-corrected chi connectivity index (χ0v) is 10.3. The first-order chi connectivity index (χ1) is 8.90. The van der Waals surface area contributed by atoms with Gasteiger partial charge >= 0.3 is 0 Å². The molecule has 0 aliphatic rings. The number of anilines is 1. The number of halogens is 2. The van der Waals surface area contributed by atoms with Crippen molar-refractivity contribution in [3.8, 4) is 5.75 Å². The predicted octanol–water partition coefficient (Wildman–Crippen LogP) is 2.47. The number of benzene rings is 2. The second-order valence-corrected chi connectivity index (χ2v) is 5.35. The summed E-state index contributed by atoms with van der Waals surface area (Å²) >= 11 is 0. The Morgan fingerprint density at radius 3 is 2.42 bits per heavy atom. The van der Waals surface area contributed by atoms with Gasteiger partial charge in [0.1, 0.15) is 22.3 Å². The van der Waals surface area contributed by atoms with E-state index in [1.165, 1.54) is 24.3 Å². The van der Waals surface area contributed by atoms with Gasteiger partial charge in [-0.25, -0.2) is 17.2 Å². The number of phenolic OH excluding ortho intramolecular Hbond substituents is 1. The van der Waals surface area contributed by atoms with Crippen LogP contribution < -0.4 is 4.72 Å². The Bertz CT molecular complexity index is 717. The molecule has 0 amide bonds. The smallest absolute Gasteiger partial charge is 0.265 e. The zero-order chi connectivity index (χ0) is 14.0. The lowest BCUT2D eigenvalue weighted by Gasteiger charge is -2.10. The van der Waals surface area contributed by atoms with Gasteiger partial charge in [-0.3, -0.25) is 4.72 Å². The minimum atomic E-state index is -4.31. The largest absolute Gasteiger partial charge is 0.506 e. The Morgan fingerprint density at radius 2 is 1.74 bits per heavy atom. The Balaban J connectivity index is 2.44. The first-order valence-electron chi connectivity index (χ1n) is 5.16. The van der Waals surface area contributed by atoms with E-state index in [1.54, 1.807) is 0 Å². The predicted molar refractivity (Wildman–Crippen MR) is 65.3 cm³/mol. The molecule has 0 unspecified atom stereocenters. The summed E-state index contributed by atoms with van der Waals surface area (Å²) in [4.78, 5) is -0.823. The number of para-hydroxylation sites is 2. The highest BCUT2D eigenvalue weighted by Gasteiger charge is 2.21. The zero-order valence-electron chi connectivity index (χ0n) is 9.47. The minimum Gasteiger partial charge on any atom is -0.506 e. The molecule has 0 aliphatic carbocycles. The molecular formula is C12H9F2NO3S. The van der Waals surface area contributed by atoms with Crippen LogP contribution in [0.2, 0.25) is 0 Å². The van der Waals surface area contributed by atoms with E-state index in [9.17, 15) is 22.3 Å². The standard InChI is InChI=1S/C12H9F2NO3S/c13-8-5-6-9(14)12(7-8)19(17,18)15-10-3-1-2-4-11(10)16/h1-7,15-16H. The van der Waals surface area contributed by atoms with Crippen molar-refractivity contribution in [1.29, 1.82) is 0 Å². The third-order valence-corrected chi connectivity index (χ3v) is 3.71. The van der Waals surface area contributed by atoms with Crippen molar-refractivity contribution in [1.82, 2.24) is 0 Å². The fourth-order valence-electron chi connectivity index (χ4n) is 1.44. The third-order valence-electron chi connectivity index (χ3n) is 2.33.